The van der Waals surface area contributed by atoms with Crippen LogP contribution in [-0.4, -0.2) is 15.0 Å². The predicted octanol–water partition coefficient (Wildman–Crippen LogP) is 2.89. The highest BCUT2D eigenvalue weighted by atomic mass is 19.4. The Hall–Kier alpha value is -1.96. The second-order valence-electron chi connectivity index (χ2n) is 4.60. The maximum absolute atomic E-state index is 13.3. The van der Waals surface area contributed by atoms with Crippen molar-refractivity contribution in [1.82, 2.24) is 15.0 Å². The Balaban J connectivity index is 2.40. The van der Waals surface area contributed by atoms with Gasteiger partial charge in [-0.05, 0) is 24.1 Å². The van der Waals surface area contributed by atoms with Crippen molar-refractivity contribution in [3.05, 3.63) is 47.0 Å². The summed E-state index contributed by atoms with van der Waals surface area (Å²) in [4.78, 5) is 0. The minimum Gasteiger partial charge on any atom is -0.319 e. The summed E-state index contributed by atoms with van der Waals surface area (Å²) in [6.07, 6.45) is -2.58. The number of halogens is 4. The van der Waals surface area contributed by atoms with Crippen molar-refractivity contribution in [2.24, 2.45) is 5.73 Å². The molecule has 8 heteroatoms. The van der Waals surface area contributed by atoms with Crippen molar-refractivity contribution in [3.63, 3.8) is 0 Å². The van der Waals surface area contributed by atoms with Gasteiger partial charge in [0, 0.05) is 6.54 Å². The monoisotopic (exact) mass is 302 g/mol. The van der Waals surface area contributed by atoms with E-state index in [1.54, 1.807) is 0 Å². The van der Waals surface area contributed by atoms with Crippen LogP contribution in [-0.2, 0) is 12.7 Å². The van der Waals surface area contributed by atoms with Gasteiger partial charge < -0.3 is 5.73 Å². The Labute approximate surface area is 118 Å². The van der Waals surface area contributed by atoms with Gasteiger partial charge in [0.1, 0.15) is 5.82 Å². The van der Waals surface area contributed by atoms with Crippen molar-refractivity contribution in [1.29, 1.82) is 0 Å². The SMILES string of the molecule is CCCn1nncc1C(N)c1ccc(F)c(C(F)(F)F)c1. The summed E-state index contributed by atoms with van der Waals surface area (Å²) in [5.74, 6) is -1.32. The van der Waals surface area contributed by atoms with E-state index in [9.17, 15) is 17.6 Å². The maximum Gasteiger partial charge on any atom is 0.419 e. The van der Waals surface area contributed by atoms with Gasteiger partial charge in [0.05, 0.1) is 23.5 Å². The molecule has 1 aromatic carbocycles. The van der Waals surface area contributed by atoms with Gasteiger partial charge in [0.15, 0.2) is 0 Å². The summed E-state index contributed by atoms with van der Waals surface area (Å²) in [5, 5.41) is 7.54. The number of nitrogens with two attached hydrogens (primary N) is 1. The zero-order valence-corrected chi connectivity index (χ0v) is 11.2. The van der Waals surface area contributed by atoms with Gasteiger partial charge in [-0.25, -0.2) is 9.07 Å². The standard InChI is InChI=1S/C13H14F4N4/c1-2-5-21-11(7-19-20-21)12(18)8-3-4-10(14)9(6-8)13(15,16)17/h3-4,6-7,12H,2,5,18H2,1H3. The van der Waals surface area contributed by atoms with Crippen molar-refractivity contribution in [2.75, 3.05) is 0 Å². The maximum atomic E-state index is 13.3. The van der Waals surface area contributed by atoms with Crippen molar-refractivity contribution < 1.29 is 17.6 Å². The van der Waals surface area contributed by atoms with Crippen LogP contribution < -0.4 is 5.73 Å². The van der Waals surface area contributed by atoms with Crippen LogP contribution in [0, 0.1) is 5.82 Å². The quantitative estimate of drug-likeness (QED) is 0.884. The van der Waals surface area contributed by atoms with Gasteiger partial charge in [0.25, 0.3) is 0 Å². The van der Waals surface area contributed by atoms with E-state index in [1.165, 1.54) is 16.9 Å². The van der Waals surface area contributed by atoms with Crippen LogP contribution >= 0.6 is 0 Å². The molecule has 1 heterocycles. The summed E-state index contributed by atoms with van der Waals surface area (Å²) >= 11 is 0. The van der Waals surface area contributed by atoms with Crippen molar-refractivity contribution >= 4 is 0 Å². The van der Waals surface area contributed by atoms with Crippen molar-refractivity contribution in [3.8, 4) is 0 Å². The van der Waals surface area contributed by atoms with E-state index in [0.717, 1.165) is 18.6 Å². The smallest absolute Gasteiger partial charge is 0.319 e. The molecule has 0 fully saturated rings. The Morgan fingerprint density at radius 3 is 2.67 bits per heavy atom. The minimum absolute atomic E-state index is 0.156. The van der Waals surface area contributed by atoms with E-state index < -0.39 is 23.6 Å². The zero-order chi connectivity index (χ0) is 15.6. The highest BCUT2D eigenvalue weighted by molar-refractivity contribution is 5.32. The molecule has 21 heavy (non-hydrogen) atoms. The van der Waals surface area contributed by atoms with Crippen LogP contribution in [0.3, 0.4) is 0 Å². The summed E-state index contributed by atoms with van der Waals surface area (Å²) in [5.41, 5.74) is 5.27. The lowest BCUT2D eigenvalue weighted by molar-refractivity contribution is -0.140. The molecule has 0 saturated carbocycles. The average molecular weight is 302 g/mol. The van der Waals surface area contributed by atoms with Gasteiger partial charge in [-0.1, -0.05) is 18.2 Å². The lowest BCUT2D eigenvalue weighted by atomic mass is 10.0. The van der Waals surface area contributed by atoms with Gasteiger partial charge in [0.2, 0.25) is 0 Å². The van der Waals surface area contributed by atoms with Gasteiger partial charge in [-0.15, -0.1) is 5.10 Å². The first-order valence-corrected chi connectivity index (χ1v) is 6.35. The molecule has 1 unspecified atom stereocenters. The summed E-state index contributed by atoms with van der Waals surface area (Å²) < 4.78 is 53.0. The highest BCUT2D eigenvalue weighted by Crippen LogP contribution is 2.33. The van der Waals surface area contributed by atoms with E-state index in [4.69, 9.17) is 5.73 Å². The van der Waals surface area contributed by atoms with E-state index in [0.29, 0.717) is 12.2 Å². The fourth-order valence-electron chi connectivity index (χ4n) is 2.02. The second-order valence-corrected chi connectivity index (χ2v) is 4.60. The summed E-state index contributed by atoms with van der Waals surface area (Å²) in [7, 11) is 0. The summed E-state index contributed by atoms with van der Waals surface area (Å²) in [6, 6.07) is 1.88. The van der Waals surface area contributed by atoms with Crippen LogP contribution in [0.4, 0.5) is 17.6 Å². The number of rotatable bonds is 4. The number of nitrogens with zero attached hydrogens (tertiary/aromatic N) is 3. The third-order valence-electron chi connectivity index (χ3n) is 3.06. The lowest BCUT2D eigenvalue weighted by Crippen LogP contribution is -2.19. The van der Waals surface area contributed by atoms with Crippen LogP contribution in [0.25, 0.3) is 0 Å². The molecule has 2 N–H and O–H groups in total. The first-order valence-electron chi connectivity index (χ1n) is 6.35. The molecular formula is C13H14F4N4. The Morgan fingerprint density at radius 1 is 1.33 bits per heavy atom. The molecular weight excluding hydrogens is 288 g/mol. The first-order chi connectivity index (χ1) is 9.84. The lowest BCUT2D eigenvalue weighted by Gasteiger charge is -2.16. The van der Waals surface area contributed by atoms with Crippen molar-refractivity contribution in [2.45, 2.75) is 32.1 Å². The van der Waals surface area contributed by atoms with E-state index in [1.807, 2.05) is 6.92 Å². The molecule has 1 aromatic heterocycles. The molecule has 1 atom stereocenters. The first kappa shape index (κ1) is 15.4. The molecule has 4 nitrogen and oxygen atoms in total. The third-order valence-corrected chi connectivity index (χ3v) is 3.06. The third kappa shape index (κ3) is 3.21. The fourth-order valence-corrected chi connectivity index (χ4v) is 2.02. The molecule has 0 amide bonds. The Bertz CT molecular complexity index is 621. The van der Waals surface area contributed by atoms with Crippen LogP contribution in [0.1, 0.15) is 36.2 Å². The van der Waals surface area contributed by atoms with E-state index >= 15 is 0 Å². The number of hydrogen-bond donors (Lipinski definition) is 1. The second kappa shape index (κ2) is 5.80. The van der Waals surface area contributed by atoms with Gasteiger partial charge in [-0.3, -0.25) is 0 Å². The molecule has 0 bridgehead atoms. The predicted molar refractivity (Wildman–Crippen MR) is 67.7 cm³/mol. The topological polar surface area (TPSA) is 56.7 Å². The number of hydrogen-bond acceptors (Lipinski definition) is 3. The molecule has 0 spiro atoms. The fraction of sp³-hybridized carbons (Fsp3) is 0.385. The molecule has 0 aliphatic carbocycles. The Morgan fingerprint density at radius 2 is 2.05 bits per heavy atom. The molecule has 2 aromatic rings. The summed E-state index contributed by atoms with van der Waals surface area (Å²) in [6.45, 7) is 2.48. The van der Waals surface area contributed by atoms with Crippen LogP contribution in [0.15, 0.2) is 24.4 Å². The average Bonchev–Trinajstić information content (AvgIpc) is 2.86. The van der Waals surface area contributed by atoms with Gasteiger partial charge in [-0.2, -0.15) is 13.2 Å². The number of aromatic nitrogens is 3. The Kier molecular flexibility index (Phi) is 4.26. The molecule has 2 rings (SSSR count). The molecule has 0 aliphatic heterocycles. The minimum atomic E-state index is -4.76. The molecule has 0 radical (unpaired) electrons. The van der Waals surface area contributed by atoms with E-state index in [2.05, 4.69) is 10.3 Å². The zero-order valence-electron chi connectivity index (χ0n) is 11.2. The van der Waals surface area contributed by atoms with Gasteiger partial charge >= 0.3 is 6.18 Å². The number of benzene rings is 1. The highest BCUT2D eigenvalue weighted by Gasteiger charge is 2.34. The number of aryl methyl sites for hydroxylation is 1. The molecule has 0 aliphatic rings. The largest absolute Gasteiger partial charge is 0.419 e. The van der Waals surface area contributed by atoms with Crippen LogP contribution in [0.2, 0.25) is 0 Å². The van der Waals surface area contributed by atoms with Crippen LogP contribution in [0.5, 0.6) is 0 Å². The number of alkyl halides is 3. The molecule has 114 valence electrons. The molecule has 0 saturated heterocycles. The normalized spacial score (nSPS) is 13.4. The van der Waals surface area contributed by atoms with E-state index in [-0.39, 0.29) is 5.56 Å².